The zero-order valence-electron chi connectivity index (χ0n) is 21.9. The Bertz CT molecular complexity index is 1250. The average molecular weight is 529 g/mol. The minimum Gasteiger partial charge on any atom is -0.496 e. The molecule has 2 heterocycles. The van der Waals surface area contributed by atoms with Crippen LogP contribution in [0.4, 0.5) is 0 Å². The number of fused-ring (bicyclic) bond motifs is 1. The van der Waals surface area contributed by atoms with Crippen LogP contribution < -0.4 is 28.4 Å². The van der Waals surface area contributed by atoms with Crippen molar-refractivity contribution in [1.82, 2.24) is 0 Å². The SMILES string of the molecule is COc1cccc(OC(C)C)c1-c1sc2c(OC)c(-c3c(OC)cccc3OC(C)C)sc2c1OC. The van der Waals surface area contributed by atoms with Crippen LogP contribution in [-0.4, -0.2) is 40.6 Å². The van der Waals surface area contributed by atoms with Crippen LogP contribution in [0.15, 0.2) is 36.4 Å². The van der Waals surface area contributed by atoms with Gasteiger partial charge in [-0.1, -0.05) is 12.1 Å². The van der Waals surface area contributed by atoms with Gasteiger partial charge in [-0.3, -0.25) is 0 Å². The summed E-state index contributed by atoms with van der Waals surface area (Å²) in [6.45, 7) is 8.03. The Labute approximate surface area is 220 Å². The van der Waals surface area contributed by atoms with E-state index in [0.717, 1.165) is 64.8 Å². The van der Waals surface area contributed by atoms with Gasteiger partial charge in [0.1, 0.15) is 23.0 Å². The molecule has 0 atom stereocenters. The van der Waals surface area contributed by atoms with Crippen molar-refractivity contribution in [3.63, 3.8) is 0 Å². The molecule has 4 aromatic rings. The standard InChI is InChI=1S/C28H32O6S2/c1-15(2)33-19-13-9-11-17(29-5)21(19)25-23(31-7)27-28(35-25)24(32-8)26(36-27)22-18(30-6)12-10-14-20(22)34-16(3)4/h9-16H,1-8H3. The number of ether oxygens (including phenoxy) is 6. The summed E-state index contributed by atoms with van der Waals surface area (Å²) in [6, 6.07) is 11.6. The highest BCUT2D eigenvalue weighted by atomic mass is 32.1. The minimum atomic E-state index is 0.00833. The fourth-order valence-electron chi connectivity index (χ4n) is 4.11. The maximum Gasteiger partial charge on any atom is 0.155 e. The van der Waals surface area contributed by atoms with E-state index in [1.54, 1.807) is 51.1 Å². The topological polar surface area (TPSA) is 55.4 Å². The third-order valence-corrected chi connectivity index (χ3v) is 7.95. The number of hydrogen-bond acceptors (Lipinski definition) is 8. The number of hydrogen-bond donors (Lipinski definition) is 0. The molecule has 0 aliphatic heterocycles. The summed E-state index contributed by atoms with van der Waals surface area (Å²) >= 11 is 3.18. The van der Waals surface area contributed by atoms with Crippen molar-refractivity contribution in [1.29, 1.82) is 0 Å². The highest BCUT2D eigenvalue weighted by Crippen LogP contribution is 2.59. The van der Waals surface area contributed by atoms with Gasteiger partial charge in [0.05, 0.1) is 70.9 Å². The second kappa shape index (κ2) is 10.9. The van der Waals surface area contributed by atoms with E-state index < -0.39 is 0 Å². The minimum absolute atomic E-state index is 0.00833. The van der Waals surface area contributed by atoms with E-state index in [1.165, 1.54) is 0 Å². The first-order valence-electron chi connectivity index (χ1n) is 11.7. The third kappa shape index (κ3) is 4.67. The fraction of sp³-hybridized carbons (Fsp3) is 0.357. The van der Waals surface area contributed by atoms with E-state index in [2.05, 4.69) is 0 Å². The normalized spacial score (nSPS) is 11.3. The van der Waals surface area contributed by atoms with Crippen molar-refractivity contribution in [2.45, 2.75) is 39.9 Å². The molecule has 0 unspecified atom stereocenters. The lowest BCUT2D eigenvalue weighted by molar-refractivity contribution is 0.242. The van der Waals surface area contributed by atoms with Gasteiger partial charge in [0.25, 0.3) is 0 Å². The molecule has 0 saturated heterocycles. The number of benzene rings is 2. The molecule has 2 aromatic heterocycles. The highest BCUT2D eigenvalue weighted by molar-refractivity contribution is 7.32. The zero-order chi connectivity index (χ0) is 26.0. The number of thiophene rings is 2. The quantitative estimate of drug-likeness (QED) is 0.208. The number of methoxy groups -OCH3 is 4. The molecule has 0 spiro atoms. The maximum absolute atomic E-state index is 6.16. The monoisotopic (exact) mass is 528 g/mol. The van der Waals surface area contributed by atoms with Crippen molar-refractivity contribution >= 4 is 32.1 Å². The third-order valence-electron chi connectivity index (χ3n) is 5.44. The van der Waals surface area contributed by atoms with Crippen molar-refractivity contribution in [2.75, 3.05) is 28.4 Å². The van der Waals surface area contributed by atoms with E-state index in [4.69, 9.17) is 28.4 Å². The summed E-state index contributed by atoms with van der Waals surface area (Å²) < 4.78 is 37.8. The molecule has 0 amide bonds. The highest BCUT2D eigenvalue weighted by Gasteiger charge is 2.29. The predicted octanol–water partition coefficient (Wildman–Crippen LogP) is 7.91. The molecule has 0 N–H and O–H groups in total. The molecule has 192 valence electrons. The molecule has 2 aromatic carbocycles. The molecule has 4 rings (SSSR count). The molecule has 0 aliphatic rings. The Morgan fingerprint density at radius 3 is 1.19 bits per heavy atom. The van der Waals surface area contributed by atoms with Gasteiger partial charge in [-0.2, -0.15) is 0 Å². The lowest BCUT2D eigenvalue weighted by Crippen LogP contribution is -2.07. The van der Waals surface area contributed by atoms with Crippen LogP contribution in [0.3, 0.4) is 0 Å². The van der Waals surface area contributed by atoms with Crippen molar-refractivity contribution in [3.05, 3.63) is 36.4 Å². The van der Waals surface area contributed by atoms with Crippen LogP contribution in [0, 0.1) is 0 Å². The Morgan fingerprint density at radius 2 is 0.889 bits per heavy atom. The van der Waals surface area contributed by atoms with Gasteiger partial charge in [0, 0.05) is 0 Å². The molecular formula is C28H32O6S2. The van der Waals surface area contributed by atoms with Crippen LogP contribution in [0.1, 0.15) is 27.7 Å². The zero-order valence-corrected chi connectivity index (χ0v) is 23.5. The summed E-state index contributed by atoms with van der Waals surface area (Å²) in [4.78, 5) is 1.85. The Kier molecular flexibility index (Phi) is 7.85. The summed E-state index contributed by atoms with van der Waals surface area (Å²) in [5.74, 6) is 4.43. The maximum atomic E-state index is 6.16. The van der Waals surface area contributed by atoms with E-state index >= 15 is 0 Å². The van der Waals surface area contributed by atoms with Crippen LogP contribution in [0.5, 0.6) is 34.5 Å². The molecule has 0 saturated carbocycles. The largest absolute Gasteiger partial charge is 0.496 e. The molecule has 6 nitrogen and oxygen atoms in total. The van der Waals surface area contributed by atoms with Gasteiger partial charge in [-0.25, -0.2) is 0 Å². The molecule has 0 fully saturated rings. The van der Waals surface area contributed by atoms with Crippen molar-refractivity contribution < 1.29 is 28.4 Å². The van der Waals surface area contributed by atoms with E-state index in [-0.39, 0.29) is 12.2 Å². The lowest BCUT2D eigenvalue weighted by Gasteiger charge is -2.17. The summed E-state index contributed by atoms with van der Waals surface area (Å²) in [5, 5.41) is 0. The summed E-state index contributed by atoms with van der Waals surface area (Å²) in [6.07, 6.45) is 0.0167. The van der Waals surface area contributed by atoms with Crippen LogP contribution >= 0.6 is 22.7 Å². The van der Waals surface area contributed by atoms with Crippen molar-refractivity contribution in [3.8, 4) is 55.4 Å². The predicted molar refractivity (Wildman–Crippen MR) is 148 cm³/mol. The molecule has 0 radical (unpaired) electrons. The first-order valence-corrected chi connectivity index (χ1v) is 13.3. The van der Waals surface area contributed by atoms with Gasteiger partial charge in [0.15, 0.2) is 11.5 Å². The summed E-state index contributed by atoms with van der Waals surface area (Å²) in [5.41, 5.74) is 1.73. The second-order valence-electron chi connectivity index (χ2n) is 8.59. The van der Waals surface area contributed by atoms with Gasteiger partial charge >= 0.3 is 0 Å². The van der Waals surface area contributed by atoms with E-state index in [1.807, 2.05) is 64.1 Å². The van der Waals surface area contributed by atoms with Gasteiger partial charge in [-0.05, 0) is 52.0 Å². The average Bonchev–Trinajstić information content (AvgIpc) is 3.37. The Balaban J connectivity index is 2.00. The molecule has 36 heavy (non-hydrogen) atoms. The molecular weight excluding hydrogens is 496 g/mol. The fourth-order valence-corrected chi connectivity index (χ4v) is 6.99. The molecule has 0 bridgehead atoms. The smallest absolute Gasteiger partial charge is 0.155 e. The van der Waals surface area contributed by atoms with Gasteiger partial charge in [0.2, 0.25) is 0 Å². The molecule has 0 aliphatic carbocycles. The van der Waals surface area contributed by atoms with Crippen LogP contribution in [0.25, 0.3) is 30.3 Å². The van der Waals surface area contributed by atoms with E-state index in [0.29, 0.717) is 0 Å². The van der Waals surface area contributed by atoms with Gasteiger partial charge in [-0.15, -0.1) is 22.7 Å². The number of rotatable bonds is 10. The summed E-state index contributed by atoms with van der Waals surface area (Å²) in [7, 11) is 6.70. The lowest BCUT2D eigenvalue weighted by atomic mass is 10.1. The Hall–Kier alpha value is -3.10. The van der Waals surface area contributed by atoms with Crippen LogP contribution in [0.2, 0.25) is 0 Å². The van der Waals surface area contributed by atoms with Gasteiger partial charge < -0.3 is 28.4 Å². The van der Waals surface area contributed by atoms with E-state index in [9.17, 15) is 0 Å². The second-order valence-corrected chi connectivity index (χ2v) is 10.6. The first-order chi connectivity index (χ1) is 17.3. The Morgan fingerprint density at radius 1 is 0.528 bits per heavy atom. The first kappa shape index (κ1) is 26.0. The van der Waals surface area contributed by atoms with Crippen molar-refractivity contribution in [2.24, 2.45) is 0 Å². The van der Waals surface area contributed by atoms with Crippen LogP contribution in [-0.2, 0) is 0 Å². The molecule has 8 heteroatoms.